The van der Waals surface area contributed by atoms with E-state index in [1.54, 1.807) is 25.7 Å². The van der Waals surface area contributed by atoms with Gasteiger partial charge < -0.3 is 19.1 Å². The number of nitro benzene ring substituents is 1. The van der Waals surface area contributed by atoms with Crippen molar-refractivity contribution in [1.82, 2.24) is 4.90 Å². The van der Waals surface area contributed by atoms with Gasteiger partial charge in [0.2, 0.25) is 0 Å². The number of methoxy groups -OCH3 is 1. The normalized spacial score (nSPS) is 14.3. The van der Waals surface area contributed by atoms with E-state index < -0.39 is 16.5 Å². The van der Waals surface area contributed by atoms with Crippen LogP contribution in [0.25, 0.3) is 0 Å². The highest BCUT2D eigenvalue weighted by Gasteiger charge is 2.34. The summed E-state index contributed by atoms with van der Waals surface area (Å²) in [6.07, 6.45) is -0.372. The fourth-order valence-corrected chi connectivity index (χ4v) is 2.88. The molecule has 0 spiro atoms. The molecule has 0 bridgehead atoms. The monoisotopic (exact) mass is 444 g/mol. The van der Waals surface area contributed by atoms with Gasteiger partial charge in [-0.1, -0.05) is 0 Å². The molecule has 1 aliphatic heterocycles. The van der Waals surface area contributed by atoms with Crippen molar-refractivity contribution >= 4 is 33.7 Å². The van der Waals surface area contributed by atoms with Gasteiger partial charge in [-0.15, -0.1) is 0 Å². The molecule has 1 heterocycles. The molecular formula is C17H21BrN2O7. The van der Waals surface area contributed by atoms with Crippen LogP contribution in [0.5, 0.6) is 5.75 Å². The van der Waals surface area contributed by atoms with Crippen LogP contribution in [0.4, 0.5) is 10.5 Å². The molecule has 0 saturated carbocycles. The van der Waals surface area contributed by atoms with E-state index in [9.17, 15) is 19.7 Å². The summed E-state index contributed by atoms with van der Waals surface area (Å²) < 4.78 is 15.9. The van der Waals surface area contributed by atoms with Gasteiger partial charge in [-0.2, -0.15) is 0 Å². The zero-order valence-corrected chi connectivity index (χ0v) is 17.1. The number of carbonyl (C=O) groups is 2. The Morgan fingerprint density at radius 2 is 1.96 bits per heavy atom. The molecule has 1 aromatic rings. The standard InChI is InChI=1S/C17H21BrN2O7/c1-17(2,3)27-16(22)19-7-10(8-19)9-26-14-5-11(15(21)25-4)13(20(23)24)6-12(14)18/h5-6,10H,7-9H2,1-4H3. The summed E-state index contributed by atoms with van der Waals surface area (Å²) in [5.74, 6) is -0.434. The van der Waals surface area contributed by atoms with Gasteiger partial charge in [-0.25, -0.2) is 9.59 Å². The first-order valence-corrected chi connectivity index (χ1v) is 8.98. The van der Waals surface area contributed by atoms with Crippen molar-refractivity contribution in [3.05, 3.63) is 32.3 Å². The molecular weight excluding hydrogens is 424 g/mol. The highest BCUT2D eigenvalue weighted by molar-refractivity contribution is 9.10. The SMILES string of the molecule is COC(=O)c1cc(OCC2CN(C(=O)OC(C)(C)C)C2)c(Br)cc1[N+](=O)[O-]. The van der Waals surface area contributed by atoms with Crippen LogP contribution in [0, 0.1) is 16.0 Å². The minimum atomic E-state index is -0.821. The molecule has 0 N–H and O–H groups in total. The molecule has 0 radical (unpaired) electrons. The maximum Gasteiger partial charge on any atom is 0.410 e. The number of nitro groups is 1. The molecule has 10 heteroatoms. The number of nitrogens with zero attached hydrogens (tertiary/aromatic N) is 2. The summed E-state index contributed by atoms with van der Waals surface area (Å²) in [6, 6.07) is 2.48. The van der Waals surface area contributed by atoms with E-state index in [1.807, 2.05) is 0 Å². The molecule has 0 aliphatic carbocycles. The van der Waals surface area contributed by atoms with Crippen molar-refractivity contribution in [2.75, 3.05) is 26.8 Å². The summed E-state index contributed by atoms with van der Waals surface area (Å²) in [5.41, 5.74) is -1.11. The zero-order chi connectivity index (χ0) is 20.4. The average Bonchev–Trinajstić information content (AvgIpc) is 2.51. The van der Waals surface area contributed by atoms with Crippen LogP contribution in [0.1, 0.15) is 31.1 Å². The van der Waals surface area contributed by atoms with Crippen LogP contribution in [0.2, 0.25) is 0 Å². The van der Waals surface area contributed by atoms with Crippen molar-refractivity contribution in [1.29, 1.82) is 0 Å². The minimum absolute atomic E-state index is 0.0983. The molecule has 0 atom stereocenters. The fourth-order valence-electron chi connectivity index (χ4n) is 2.44. The van der Waals surface area contributed by atoms with E-state index in [-0.39, 0.29) is 35.6 Å². The highest BCUT2D eigenvalue weighted by Crippen LogP contribution is 2.34. The topological polar surface area (TPSA) is 108 Å². The Morgan fingerprint density at radius 1 is 1.33 bits per heavy atom. The average molecular weight is 445 g/mol. The quantitative estimate of drug-likeness (QED) is 0.388. The second-order valence-corrected chi connectivity index (χ2v) is 7.97. The number of hydrogen-bond acceptors (Lipinski definition) is 7. The minimum Gasteiger partial charge on any atom is -0.492 e. The van der Waals surface area contributed by atoms with Gasteiger partial charge in [0.25, 0.3) is 5.69 Å². The van der Waals surface area contributed by atoms with E-state index in [2.05, 4.69) is 20.7 Å². The van der Waals surface area contributed by atoms with Crippen molar-refractivity contribution in [3.8, 4) is 5.75 Å². The summed E-state index contributed by atoms with van der Waals surface area (Å²) in [6.45, 7) is 6.67. The Morgan fingerprint density at radius 3 is 2.48 bits per heavy atom. The van der Waals surface area contributed by atoms with Gasteiger partial charge in [-0.05, 0) is 36.7 Å². The van der Waals surface area contributed by atoms with Crippen LogP contribution >= 0.6 is 15.9 Å². The molecule has 2 rings (SSSR count). The van der Waals surface area contributed by atoms with Crippen LogP contribution in [-0.2, 0) is 9.47 Å². The van der Waals surface area contributed by atoms with Crippen molar-refractivity contribution < 1.29 is 28.7 Å². The summed E-state index contributed by atoms with van der Waals surface area (Å²) in [7, 11) is 1.15. The molecule has 1 saturated heterocycles. The lowest BCUT2D eigenvalue weighted by molar-refractivity contribution is -0.385. The maximum absolute atomic E-state index is 11.9. The third kappa shape index (κ3) is 5.31. The van der Waals surface area contributed by atoms with Crippen LogP contribution < -0.4 is 4.74 Å². The second kappa shape index (κ2) is 8.12. The van der Waals surface area contributed by atoms with E-state index in [1.165, 1.54) is 12.1 Å². The van der Waals surface area contributed by atoms with Crippen molar-refractivity contribution in [2.24, 2.45) is 5.92 Å². The fraction of sp³-hybridized carbons (Fsp3) is 0.529. The maximum atomic E-state index is 11.9. The van der Waals surface area contributed by atoms with Crippen molar-refractivity contribution in [2.45, 2.75) is 26.4 Å². The Labute approximate surface area is 164 Å². The molecule has 0 unspecified atom stereocenters. The van der Waals surface area contributed by atoms with Gasteiger partial charge in [0.1, 0.15) is 16.9 Å². The van der Waals surface area contributed by atoms with E-state index in [4.69, 9.17) is 9.47 Å². The number of rotatable bonds is 5. The van der Waals surface area contributed by atoms with Crippen LogP contribution in [-0.4, -0.2) is 54.3 Å². The Hall–Kier alpha value is -2.36. The smallest absolute Gasteiger partial charge is 0.410 e. The second-order valence-electron chi connectivity index (χ2n) is 7.11. The molecule has 1 aromatic carbocycles. The number of carbonyl (C=O) groups excluding carboxylic acids is 2. The van der Waals surface area contributed by atoms with Crippen molar-refractivity contribution in [3.63, 3.8) is 0 Å². The number of ether oxygens (including phenoxy) is 3. The first-order chi connectivity index (χ1) is 12.5. The predicted octanol–water partition coefficient (Wildman–Crippen LogP) is 3.39. The largest absolute Gasteiger partial charge is 0.492 e. The Kier molecular flexibility index (Phi) is 6.30. The molecule has 1 aliphatic rings. The third-order valence-electron chi connectivity index (χ3n) is 3.74. The molecule has 1 amide bonds. The summed E-state index contributed by atoms with van der Waals surface area (Å²) in [4.78, 5) is 35.7. The van der Waals surface area contributed by atoms with E-state index >= 15 is 0 Å². The third-order valence-corrected chi connectivity index (χ3v) is 4.36. The molecule has 1 fully saturated rings. The van der Waals surface area contributed by atoms with Gasteiger partial charge in [0.15, 0.2) is 0 Å². The first kappa shape index (κ1) is 20.9. The number of halogens is 1. The Bertz CT molecular complexity index is 754. The summed E-state index contributed by atoms with van der Waals surface area (Å²) in [5, 5.41) is 11.1. The lowest BCUT2D eigenvalue weighted by atomic mass is 10.0. The molecule has 27 heavy (non-hydrogen) atoms. The number of esters is 1. The van der Waals surface area contributed by atoms with Gasteiger partial charge in [0, 0.05) is 31.1 Å². The molecule has 9 nitrogen and oxygen atoms in total. The van der Waals surface area contributed by atoms with E-state index in [0.29, 0.717) is 17.6 Å². The van der Waals surface area contributed by atoms with Gasteiger partial charge in [-0.3, -0.25) is 10.1 Å². The zero-order valence-electron chi connectivity index (χ0n) is 15.5. The summed E-state index contributed by atoms with van der Waals surface area (Å²) >= 11 is 3.21. The number of amides is 1. The number of benzene rings is 1. The van der Waals surface area contributed by atoms with Crippen LogP contribution in [0.3, 0.4) is 0 Å². The molecule has 0 aromatic heterocycles. The highest BCUT2D eigenvalue weighted by atomic mass is 79.9. The first-order valence-electron chi connectivity index (χ1n) is 8.18. The van der Waals surface area contributed by atoms with E-state index in [0.717, 1.165) is 7.11 Å². The van der Waals surface area contributed by atoms with Gasteiger partial charge in [0.05, 0.1) is 23.1 Å². The lowest BCUT2D eigenvalue weighted by Crippen LogP contribution is -2.53. The Balaban J connectivity index is 1.98. The molecule has 148 valence electrons. The number of likely N-dealkylation sites (tertiary alicyclic amines) is 1. The van der Waals surface area contributed by atoms with Crippen LogP contribution in [0.15, 0.2) is 16.6 Å². The predicted molar refractivity (Wildman–Crippen MR) is 98.9 cm³/mol. The lowest BCUT2D eigenvalue weighted by Gasteiger charge is -2.39. The number of hydrogen-bond donors (Lipinski definition) is 0. The van der Waals surface area contributed by atoms with Gasteiger partial charge >= 0.3 is 12.1 Å².